The number of hydrogen-bond acceptors (Lipinski definition) is 14. The van der Waals surface area contributed by atoms with Gasteiger partial charge in [0.15, 0.2) is 41.8 Å². The summed E-state index contributed by atoms with van der Waals surface area (Å²) in [5.74, 6) is -9.47. The monoisotopic (exact) mass is 1290 g/mol. The fourth-order valence-electron chi connectivity index (χ4n) is 9.29. The predicted molar refractivity (Wildman–Crippen MR) is 356 cm³/mol. The highest BCUT2D eigenvalue weighted by atomic mass is 16.5. The Bertz CT molecular complexity index is 3990. The van der Waals surface area contributed by atoms with Crippen molar-refractivity contribution < 1.29 is 43.4 Å². The smallest absolute Gasteiger partial charge is 0.408 e. The molecule has 0 saturated carbocycles. The maximum absolute atomic E-state index is 15.5. The van der Waals surface area contributed by atoms with Crippen LogP contribution in [0.5, 0.6) is 0 Å². The molecule has 33 nitrogen and oxygen atoms in total. The Hall–Kier alpha value is -13.8. The van der Waals surface area contributed by atoms with Crippen LogP contribution in [0.4, 0.5) is 38.9 Å². The molecule has 31 N–H and O–H groups in total. The number of hydrogen-bond donors (Lipinski definition) is 25. The Morgan fingerprint density at radius 2 is 0.505 bits per heavy atom. The normalized spacial score (nSPS) is 12.4. The van der Waals surface area contributed by atoms with Crippen molar-refractivity contribution in [2.24, 2.45) is 34.4 Å². The third-order valence-corrected chi connectivity index (χ3v) is 13.6. The van der Waals surface area contributed by atoms with Crippen molar-refractivity contribution in [2.75, 3.05) is 31.9 Å². The van der Waals surface area contributed by atoms with E-state index in [1.165, 1.54) is 146 Å². The van der Waals surface area contributed by atoms with Gasteiger partial charge in [-0.05, 0) is 112 Å². The molecular formula is C62H68N24O9. The lowest BCUT2D eigenvalue weighted by atomic mass is 9.99. The van der Waals surface area contributed by atoms with Gasteiger partial charge in [-0.3, -0.25) is 56.4 Å². The molecule has 7 aromatic rings. The second kappa shape index (κ2) is 32.1. The van der Waals surface area contributed by atoms with Crippen LogP contribution in [0, 0.1) is 32.5 Å². The summed E-state index contributed by atoms with van der Waals surface area (Å²) in [7, 11) is 0. The van der Waals surface area contributed by atoms with E-state index in [2.05, 4.69) is 63.8 Å². The molecule has 0 fully saturated rings. The first-order valence-corrected chi connectivity index (χ1v) is 28.3. The first-order chi connectivity index (χ1) is 45.3. The van der Waals surface area contributed by atoms with Gasteiger partial charge < -0.3 is 108 Å². The molecule has 0 radical (unpaired) electrons. The number of anilines is 6. The van der Waals surface area contributed by atoms with Gasteiger partial charge in [-0.2, -0.15) is 0 Å². The SMILES string of the molecule is N=C(N)Nc1ccc(C(NC(=O)C(NC(=O)C(NC(=O)C(NC(=O)C(NC(=O)C(NC(=O)OCc2ccccc2)c2ccc(NC(=N)N)cc2)c2ccc(NC(=N)N)cc2)c2ccc(NC(=N)N)cc2)c2ccc(NC(=N)N)cc2)c2ccc(NC(=N)N)cc2)C(=O)O)cc1. The fraction of sp³-hybridized carbons (Fsp3) is 0.113. The molecular weight excluding hydrogens is 1220 g/mol. The molecule has 0 aliphatic carbocycles. The first kappa shape index (κ1) is 68.7. The highest BCUT2D eigenvalue weighted by Gasteiger charge is 2.37. The van der Waals surface area contributed by atoms with Crippen molar-refractivity contribution in [3.8, 4) is 0 Å². The van der Waals surface area contributed by atoms with E-state index in [9.17, 15) is 24.3 Å². The number of amides is 6. The van der Waals surface area contributed by atoms with Crippen LogP contribution in [0.15, 0.2) is 176 Å². The van der Waals surface area contributed by atoms with Crippen LogP contribution < -0.4 is 98.2 Å². The van der Waals surface area contributed by atoms with Gasteiger partial charge in [0.25, 0.3) is 0 Å². The summed E-state index contributed by atoms with van der Waals surface area (Å²) in [5.41, 5.74) is 36.2. The second-order valence-corrected chi connectivity index (χ2v) is 20.6. The minimum atomic E-state index is -1.84. The maximum Gasteiger partial charge on any atom is 0.408 e. The quantitative estimate of drug-likeness (QED) is 0.0274. The van der Waals surface area contributed by atoms with Crippen molar-refractivity contribution in [2.45, 2.75) is 42.9 Å². The van der Waals surface area contributed by atoms with Gasteiger partial charge in [0.1, 0.15) is 36.8 Å². The van der Waals surface area contributed by atoms with Crippen LogP contribution in [0.1, 0.15) is 75.2 Å². The Balaban J connectivity index is 1.29. The van der Waals surface area contributed by atoms with Gasteiger partial charge in [0.05, 0.1) is 0 Å². The Kier molecular flexibility index (Phi) is 23.2. The number of guanidine groups is 6. The van der Waals surface area contributed by atoms with E-state index in [-0.39, 0.29) is 62.7 Å². The minimum absolute atomic E-state index is 0.0224. The molecule has 33 heteroatoms. The van der Waals surface area contributed by atoms with Gasteiger partial charge in [-0.1, -0.05) is 103 Å². The zero-order valence-electron chi connectivity index (χ0n) is 50.1. The summed E-state index contributed by atoms with van der Waals surface area (Å²) in [5, 5.41) is 88.2. The minimum Gasteiger partial charge on any atom is -0.479 e. The zero-order chi connectivity index (χ0) is 68.9. The Morgan fingerprint density at radius 1 is 0.305 bits per heavy atom. The van der Waals surface area contributed by atoms with E-state index < -0.39 is 114 Å². The summed E-state index contributed by atoms with van der Waals surface area (Å²) >= 11 is 0. The number of rotatable bonds is 26. The lowest BCUT2D eigenvalue weighted by molar-refractivity contribution is -0.142. The summed E-state index contributed by atoms with van der Waals surface area (Å²) in [4.78, 5) is 102. The fourth-order valence-corrected chi connectivity index (χ4v) is 9.29. The van der Waals surface area contributed by atoms with Crippen molar-refractivity contribution >= 4 is 111 Å². The highest BCUT2D eigenvalue weighted by molar-refractivity contribution is 6.00. The van der Waals surface area contributed by atoms with E-state index in [1.54, 1.807) is 30.3 Å². The molecule has 0 aliphatic rings. The molecule has 0 heterocycles. The van der Waals surface area contributed by atoms with Gasteiger partial charge in [0, 0.05) is 34.1 Å². The topological polar surface area (TPSA) is 593 Å². The molecule has 95 heavy (non-hydrogen) atoms. The number of benzene rings is 7. The Morgan fingerprint density at radius 3 is 0.716 bits per heavy atom. The number of aliphatic carboxylic acids is 1. The molecule has 7 rings (SSSR count). The molecule has 6 amide bonds. The van der Waals surface area contributed by atoms with Crippen molar-refractivity contribution in [1.82, 2.24) is 31.9 Å². The van der Waals surface area contributed by atoms with Gasteiger partial charge >= 0.3 is 12.1 Å². The van der Waals surface area contributed by atoms with Gasteiger partial charge in [0.2, 0.25) is 29.5 Å². The number of carbonyl (C=O) groups is 7. The van der Waals surface area contributed by atoms with Crippen LogP contribution >= 0.6 is 0 Å². The average molecular weight is 1290 g/mol. The van der Waals surface area contributed by atoms with Crippen molar-refractivity contribution in [1.29, 1.82) is 32.5 Å². The molecule has 0 aromatic heterocycles. The number of carboxylic acid groups (broad SMARTS) is 1. The standard InChI is InChI=1S/C62H68N24O9/c63-56(64)75-38-18-6-32(7-19-38)44(82-52(89)46(34-10-22-40(23-11-34)77-58(67)68)84-54(91)48(36-14-26-42(27-15-36)79-60(71)72)86-62(94)95-30-31-4-2-1-3-5-31)50(87)81-45(33-8-20-39(21-9-33)76-57(65)66)51(88)83-47(35-12-24-41(25-13-35)78-59(69)70)53(90)85-49(55(92)93)37-16-28-43(29-17-37)80-61(73)74/h1-29,44-49H,30H2,(H,81,87)(H,82,89)(H,83,88)(H,84,91)(H,85,90)(H,86,94)(H,92,93)(H4,63,64,75)(H4,65,66,76)(H4,67,68,77)(H4,69,70,78)(H4,71,72,79)(H4,73,74,80). The van der Waals surface area contributed by atoms with E-state index in [0.29, 0.717) is 16.9 Å². The first-order valence-electron chi connectivity index (χ1n) is 28.3. The number of ether oxygens (including phenoxy) is 1. The van der Waals surface area contributed by atoms with Crippen LogP contribution in [-0.2, 0) is 40.1 Å². The molecule has 490 valence electrons. The number of nitrogens with two attached hydrogens (primary N) is 6. The summed E-state index contributed by atoms with van der Waals surface area (Å²) in [6.45, 7) is -0.203. The highest BCUT2D eigenvalue weighted by Crippen LogP contribution is 2.28. The van der Waals surface area contributed by atoms with E-state index in [1.807, 2.05) is 0 Å². The predicted octanol–water partition coefficient (Wildman–Crippen LogP) is 2.86. The van der Waals surface area contributed by atoms with E-state index in [0.717, 1.165) is 0 Å². The summed E-state index contributed by atoms with van der Waals surface area (Å²) < 4.78 is 5.49. The molecule has 0 bridgehead atoms. The molecule has 0 saturated heterocycles. The van der Waals surface area contributed by atoms with Crippen molar-refractivity contribution in [3.63, 3.8) is 0 Å². The lowest BCUT2D eigenvalue weighted by Gasteiger charge is -2.28. The lowest BCUT2D eigenvalue weighted by Crippen LogP contribution is -2.51. The number of nitrogens with one attached hydrogen (secondary N) is 18. The third kappa shape index (κ3) is 20.4. The second-order valence-electron chi connectivity index (χ2n) is 20.6. The number of alkyl carbamates (subject to hydrolysis) is 1. The summed E-state index contributed by atoms with van der Waals surface area (Å²) in [6.07, 6.45) is -1.05. The zero-order valence-corrected chi connectivity index (χ0v) is 50.1. The number of carboxylic acids is 1. The molecule has 0 aliphatic heterocycles. The number of carbonyl (C=O) groups excluding carboxylic acids is 6. The van der Waals surface area contributed by atoms with E-state index >= 15 is 14.4 Å². The van der Waals surface area contributed by atoms with Gasteiger partial charge in [-0.25, -0.2) is 9.59 Å². The van der Waals surface area contributed by atoms with Crippen LogP contribution in [0.3, 0.4) is 0 Å². The van der Waals surface area contributed by atoms with Crippen LogP contribution in [0.25, 0.3) is 0 Å². The van der Waals surface area contributed by atoms with E-state index in [4.69, 9.17) is 71.6 Å². The molecule has 0 spiro atoms. The molecule has 6 unspecified atom stereocenters. The average Bonchev–Trinajstić information content (AvgIpc) is 0.833. The van der Waals surface area contributed by atoms with Crippen molar-refractivity contribution in [3.05, 3.63) is 215 Å². The molecule has 6 atom stereocenters. The van der Waals surface area contributed by atoms with Gasteiger partial charge in [-0.15, -0.1) is 0 Å². The van der Waals surface area contributed by atoms with Crippen LogP contribution in [-0.4, -0.2) is 82.5 Å². The van der Waals surface area contributed by atoms with Crippen LogP contribution in [0.2, 0.25) is 0 Å². The largest absolute Gasteiger partial charge is 0.479 e. The maximum atomic E-state index is 15.5. The summed E-state index contributed by atoms with van der Waals surface area (Å²) in [6, 6.07) is 31.9. The molecule has 7 aromatic carbocycles. The Labute approximate surface area is 541 Å². The third-order valence-electron chi connectivity index (χ3n) is 13.6.